The standard InChI is InChI=1S/C28H34F6IN3O/c1-36(13-10-21-16-22(27(29,30)31)18-23(17-21)28(32,33)34)26(39)35(24-6-4-3-5-7-24)38-14-11-25(12-15-38)37(2)19-20-8-9-20/h3-7,16-18,20,25H,8-15,19H2,1-2H3. The Morgan fingerprint density at radius 1 is 0.897 bits per heavy atom. The molecule has 1 saturated heterocycles. The molecule has 0 unspecified atom stereocenters. The van der Waals surface area contributed by atoms with Gasteiger partial charge in [0.25, 0.3) is 0 Å². The van der Waals surface area contributed by atoms with Crippen LogP contribution in [0.5, 0.6) is 0 Å². The van der Waals surface area contributed by atoms with Crippen LogP contribution in [-0.4, -0.2) is 63.1 Å². The maximum absolute atomic E-state index is 13.8. The van der Waals surface area contributed by atoms with Crippen LogP contribution in [0.3, 0.4) is 0 Å². The Bertz CT molecular complexity index is 1080. The number of benzene rings is 2. The average Bonchev–Trinajstić information content (AvgIpc) is 3.71. The number of hydrogen-bond donors (Lipinski definition) is 0. The fourth-order valence-electron chi connectivity index (χ4n) is 4.85. The summed E-state index contributed by atoms with van der Waals surface area (Å²) in [5.74, 6) is 0.805. The fourth-order valence-corrected chi connectivity index (χ4v) is 10.4. The number of halogens is 7. The van der Waals surface area contributed by atoms with Gasteiger partial charge in [-0.15, -0.1) is 0 Å². The number of rotatable bonds is 9. The van der Waals surface area contributed by atoms with Crippen molar-refractivity contribution in [1.29, 1.82) is 0 Å². The van der Waals surface area contributed by atoms with Gasteiger partial charge in [-0.3, -0.25) is 0 Å². The fraction of sp³-hybridized carbons (Fsp3) is 0.536. The Hall–Kier alpha value is -1.86. The third-order valence-electron chi connectivity index (χ3n) is 7.29. The molecule has 1 amide bonds. The van der Waals surface area contributed by atoms with Gasteiger partial charge in [-0.25, -0.2) is 0 Å². The van der Waals surface area contributed by atoms with E-state index in [0.29, 0.717) is 6.04 Å². The molecule has 0 atom stereocenters. The van der Waals surface area contributed by atoms with E-state index >= 15 is 0 Å². The van der Waals surface area contributed by atoms with E-state index in [4.69, 9.17) is 0 Å². The van der Waals surface area contributed by atoms with E-state index in [9.17, 15) is 31.1 Å². The maximum atomic E-state index is 13.8. The Balaban J connectivity index is 1.46. The molecule has 216 valence electrons. The van der Waals surface area contributed by atoms with Crippen LogP contribution in [0, 0.1) is 9.49 Å². The van der Waals surface area contributed by atoms with Gasteiger partial charge in [-0.05, 0) is 0 Å². The van der Waals surface area contributed by atoms with Crippen LogP contribution in [0.2, 0.25) is 0 Å². The van der Waals surface area contributed by atoms with Gasteiger partial charge < -0.3 is 0 Å². The molecular formula is C28H34F6IN3O. The Labute approximate surface area is 233 Å². The van der Waals surface area contributed by atoms with Crippen molar-refractivity contribution in [2.45, 2.75) is 50.5 Å². The van der Waals surface area contributed by atoms with Crippen LogP contribution in [0.1, 0.15) is 42.4 Å². The summed E-state index contributed by atoms with van der Waals surface area (Å²) in [4.78, 5) is 17.7. The first-order valence-corrected chi connectivity index (χ1v) is 16.2. The summed E-state index contributed by atoms with van der Waals surface area (Å²) >= 11 is -2.59. The first kappa shape index (κ1) is 30.1. The van der Waals surface area contributed by atoms with E-state index in [0.717, 1.165) is 54.1 Å². The minimum atomic E-state index is -4.90. The molecule has 0 bridgehead atoms. The van der Waals surface area contributed by atoms with E-state index < -0.39 is 43.6 Å². The normalized spacial score (nSPS) is 17.9. The summed E-state index contributed by atoms with van der Waals surface area (Å²) in [5.41, 5.74) is -2.78. The molecule has 0 radical (unpaired) electrons. The first-order chi connectivity index (χ1) is 18.3. The molecule has 11 heteroatoms. The van der Waals surface area contributed by atoms with Crippen molar-refractivity contribution in [2.24, 2.45) is 5.92 Å². The average molecular weight is 669 g/mol. The molecule has 1 aliphatic carbocycles. The predicted molar refractivity (Wildman–Crippen MR) is 147 cm³/mol. The molecule has 2 aromatic rings. The number of carbonyl (C=O) groups is 1. The summed E-state index contributed by atoms with van der Waals surface area (Å²) in [7, 11) is 3.76. The van der Waals surface area contributed by atoms with Gasteiger partial charge in [0.1, 0.15) is 0 Å². The number of likely N-dealkylation sites (N-methyl/N-ethyl adjacent to an activating group) is 1. The van der Waals surface area contributed by atoms with Crippen molar-refractivity contribution in [1.82, 2.24) is 12.9 Å². The molecule has 0 N–H and O–H groups in total. The Morgan fingerprint density at radius 2 is 1.46 bits per heavy atom. The van der Waals surface area contributed by atoms with Crippen LogP contribution in [0.15, 0.2) is 48.5 Å². The summed E-state index contributed by atoms with van der Waals surface area (Å²) in [6, 6.07) is 11.7. The number of nitrogens with zero attached hydrogens (tertiary/aromatic N) is 3. The van der Waals surface area contributed by atoms with Gasteiger partial charge in [0, 0.05) is 0 Å². The molecule has 4 rings (SSSR count). The third-order valence-corrected chi connectivity index (χ3v) is 13.2. The van der Waals surface area contributed by atoms with Crippen LogP contribution < -0.4 is 0 Å². The third kappa shape index (κ3) is 8.09. The van der Waals surface area contributed by atoms with Crippen LogP contribution in [0.4, 0.5) is 31.1 Å². The van der Waals surface area contributed by atoms with Crippen LogP contribution in [-0.2, 0) is 18.8 Å². The van der Waals surface area contributed by atoms with Crippen LogP contribution >= 0.6 is 20.1 Å². The van der Waals surface area contributed by atoms with Crippen molar-refractivity contribution in [3.63, 3.8) is 0 Å². The molecule has 0 spiro atoms. The summed E-state index contributed by atoms with van der Waals surface area (Å²) in [5, 5.41) is 0. The second-order valence-electron chi connectivity index (χ2n) is 10.4. The zero-order chi connectivity index (χ0) is 28.4. The summed E-state index contributed by atoms with van der Waals surface area (Å²) in [6.07, 6.45) is -5.39. The predicted octanol–water partition coefficient (Wildman–Crippen LogP) is 7.42. The van der Waals surface area contributed by atoms with Crippen molar-refractivity contribution in [2.75, 3.05) is 40.3 Å². The zero-order valence-electron chi connectivity index (χ0n) is 22.0. The van der Waals surface area contributed by atoms with E-state index in [1.807, 2.05) is 30.3 Å². The quantitative estimate of drug-likeness (QED) is 0.0915. The number of carbonyl (C=O) groups excluding carboxylic acids is 1. The molecule has 2 aliphatic rings. The molecule has 2 fully saturated rings. The van der Waals surface area contributed by atoms with Crippen molar-refractivity contribution in [3.8, 4) is 0 Å². The molecule has 1 heterocycles. The minimum absolute atomic E-state index is 0.0266. The SMILES string of the molecule is CN(CCc1cc(C(F)(F)F)cc(C(F)(F)F)c1)C(=O)I(c1ccccc1)N1CCC(N(C)CC2CC2)CC1. The topological polar surface area (TPSA) is 26.8 Å². The van der Waals surface area contributed by atoms with Gasteiger partial charge in [-0.1, -0.05) is 0 Å². The van der Waals surface area contributed by atoms with Crippen molar-refractivity contribution in [3.05, 3.63) is 68.8 Å². The summed E-state index contributed by atoms with van der Waals surface area (Å²) < 4.78 is 82.8. The van der Waals surface area contributed by atoms with Gasteiger partial charge in [0.15, 0.2) is 0 Å². The summed E-state index contributed by atoms with van der Waals surface area (Å²) in [6.45, 7) is 2.72. The molecule has 0 aromatic heterocycles. The molecule has 1 aliphatic heterocycles. The van der Waals surface area contributed by atoms with E-state index in [-0.39, 0.29) is 28.5 Å². The van der Waals surface area contributed by atoms with Crippen LogP contribution in [0.25, 0.3) is 0 Å². The second kappa shape index (κ2) is 12.3. The van der Waals surface area contributed by atoms with Crippen molar-refractivity contribution >= 4 is 24.0 Å². The van der Waals surface area contributed by atoms with E-state index in [1.165, 1.54) is 17.7 Å². The van der Waals surface area contributed by atoms with Gasteiger partial charge in [0.2, 0.25) is 0 Å². The monoisotopic (exact) mass is 669 g/mol. The van der Waals surface area contributed by atoms with Gasteiger partial charge in [-0.2, -0.15) is 0 Å². The van der Waals surface area contributed by atoms with Gasteiger partial charge in [0.05, 0.1) is 0 Å². The second-order valence-corrected chi connectivity index (χ2v) is 15.5. The first-order valence-electron chi connectivity index (χ1n) is 13.1. The molecule has 2 aromatic carbocycles. The zero-order valence-corrected chi connectivity index (χ0v) is 24.2. The number of piperidine rings is 1. The number of alkyl halides is 6. The number of hydrogen-bond acceptors (Lipinski definition) is 3. The number of amides is 1. The molecular weight excluding hydrogens is 635 g/mol. The van der Waals surface area contributed by atoms with Crippen molar-refractivity contribution < 1.29 is 31.1 Å². The Kier molecular flexibility index (Phi) is 9.52. The molecule has 39 heavy (non-hydrogen) atoms. The molecule has 4 nitrogen and oxygen atoms in total. The van der Waals surface area contributed by atoms with E-state index in [2.05, 4.69) is 15.1 Å². The Morgan fingerprint density at radius 3 is 1.97 bits per heavy atom. The molecule has 1 saturated carbocycles. The van der Waals surface area contributed by atoms with E-state index in [1.54, 1.807) is 7.05 Å². The van der Waals surface area contributed by atoms with Gasteiger partial charge >= 0.3 is 234 Å².